The lowest BCUT2D eigenvalue weighted by molar-refractivity contribution is -0.386. The summed E-state index contributed by atoms with van der Waals surface area (Å²) >= 11 is 5.75. The van der Waals surface area contributed by atoms with Gasteiger partial charge in [0.1, 0.15) is 23.2 Å². The second-order valence-corrected chi connectivity index (χ2v) is 10.8. The molecule has 0 radical (unpaired) electrons. The summed E-state index contributed by atoms with van der Waals surface area (Å²) in [6.07, 6.45) is 1.15. The van der Waals surface area contributed by atoms with Crippen molar-refractivity contribution in [3.05, 3.63) is 75.6 Å². The minimum atomic E-state index is -0.899. The number of thiocarbonyl (C=S) groups is 1. The van der Waals surface area contributed by atoms with Gasteiger partial charge in [0.2, 0.25) is 5.91 Å². The molecular formula is C31H36N6O7S. The quantitative estimate of drug-likeness (QED) is 0.113. The molecule has 1 saturated heterocycles. The van der Waals surface area contributed by atoms with Gasteiger partial charge in [-0.25, -0.2) is 4.79 Å². The predicted octanol–water partition coefficient (Wildman–Crippen LogP) is 4.79. The van der Waals surface area contributed by atoms with Gasteiger partial charge in [-0.05, 0) is 94.4 Å². The molecule has 2 aromatic carbocycles. The topological polar surface area (TPSA) is 149 Å². The van der Waals surface area contributed by atoms with E-state index in [0.717, 1.165) is 6.42 Å². The fourth-order valence-corrected chi connectivity index (χ4v) is 5.50. The third kappa shape index (κ3) is 7.63. The summed E-state index contributed by atoms with van der Waals surface area (Å²) in [4.78, 5) is 53.1. The van der Waals surface area contributed by atoms with E-state index in [1.165, 1.54) is 4.90 Å². The Bertz CT molecular complexity index is 1570. The normalized spacial score (nSPS) is 14.5. The van der Waals surface area contributed by atoms with Gasteiger partial charge in [0.15, 0.2) is 5.11 Å². The van der Waals surface area contributed by atoms with Crippen LogP contribution >= 0.6 is 12.2 Å². The van der Waals surface area contributed by atoms with Crippen molar-refractivity contribution in [2.24, 2.45) is 0 Å². The third-order valence-electron chi connectivity index (χ3n) is 7.24. The predicted molar refractivity (Wildman–Crippen MR) is 171 cm³/mol. The monoisotopic (exact) mass is 636 g/mol. The summed E-state index contributed by atoms with van der Waals surface area (Å²) in [6.45, 7) is 8.40. The number of nitrogens with one attached hydrogen (secondary N) is 1. The number of hydrogen-bond donors (Lipinski definition) is 1. The maximum atomic E-state index is 13.8. The van der Waals surface area contributed by atoms with E-state index in [1.54, 1.807) is 78.9 Å². The Balaban J connectivity index is 1.52. The molecule has 238 valence electrons. The number of carbonyl (C=O) groups is 3. The molecule has 2 amide bonds. The van der Waals surface area contributed by atoms with Crippen LogP contribution in [0.3, 0.4) is 0 Å². The van der Waals surface area contributed by atoms with Gasteiger partial charge < -0.3 is 19.7 Å². The lowest BCUT2D eigenvalue weighted by Crippen LogP contribution is -2.38. The molecule has 0 bridgehead atoms. The van der Waals surface area contributed by atoms with Gasteiger partial charge in [-0.15, -0.1) is 0 Å². The molecule has 1 aliphatic rings. The van der Waals surface area contributed by atoms with Crippen molar-refractivity contribution in [3.8, 4) is 5.75 Å². The molecule has 2 heterocycles. The van der Waals surface area contributed by atoms with Crippen molar-refractivity contribution in [3.63, 3.8) is 0 Å². The molecule has 3 aromatic rings. The molecule has 1 fully saturated rings. The summed E-state index contributed by atoms with van der Waals surface area (Å²) in [5, 5.41) is 18.8. The van der Waals surface area contributed by atoms with Gasteiger partial charge in [0.05, 0.1) is 35.8 Å². The molecular weight excluding hydrogens is 600 g/mol. The second kappa shape index (κ2) is 14.8. The van der Waals surface area contributed by atoms with E-state index in [-0.39, 0.29) is 42.2 Å². The van der Waals surface area contributed by atoms with Gasteiger partial charge in [-0.1, -0.05) is 6.92 Å². The molecule has 0 spiro atoms. The lowest BCUT2D eigenvalue weighted by Gasteiger charge is -2.24. The Morgan fingerprint density at radius 2 is 1.76 bits per heavy atom. The van der Waals surface area contributed by atoms with Crippen molar-refractivity contribution >= 4 is 52.2 Å². The molecule has 4 rings (SSSR count). The molecule has 0 saturated carbocycles. The minimum absolute atomic E-state index is 0.0289. The minimum Gasteiger partial charge on any atom is -0.494 e. The first kappa shape index (κ1) is 33.1. The Labute approximate surface area is 266 Å². The Kier molecular flexibility index (Phi) is 10.8. The fraction of sp³-hybridized carbons (Fsp3) is 0.387. The van der Waals surface area contributed by atoms with Crippen LogP contribution in [0.5, 0.6) is 5.75 Å². The highest BCUT2D eigenvalue weighted by Gasteiger charge is 2.44. The van der Waals surface area contributed by atoms with Crippen molar-refractivity contribution in [2.45, 2.75) is 59.5 Å². The van der Waals surface area contributed by atoms with Gasteiger partial charge in [-0.2, -0.15) is 5.10 Å². The second-order valence-electron chi connectivity index (χ2n) is 10.4. The van der Waals surface area contributed by atoms with Gasteiger partial charge in [0, 0.05) is 18.8 Å². The van der Waals surface area contributed by atoms with Crippen LogP contribution < -0.4 is 15.0 Å². The zero-order valence-corrected chi connectivity index (χ0v) is 26.5. The third-order valence-corrected chi connectivity index (χ3v) is 7.66. The molecule has 1 unspecified atom stereocenters. The van der Waals surface area contributed by atoms with E-state index in [1.807, 2.05) is 6.92 Å². The first-order valence-corrected chi connectivity index (χ1v) is 15.1. The zero-order valence-electron chi connectivity index (χ0n) is 25.6. The van der Waals surface area contributed by atoms with Gasteiger partial charge in [-0.3, -0.25) is 29.3 Å². The highest BCUT2D eigenvalue weighted by atomic mass is 32.1. The Hall–Kier alpha value is -4.85. The molecule has 1 aliphatic heterocycles. The largest absolute Gasteiger partial charge is 0.494 e. The van der Waals surface area contributed by atoms with Crippen LogP contribution in [0.4, 0.5) is 17.1 Å². The molecule has 45 heavy (non-hydrogen) atoms. The van der Waals surface area contributed by atoms with Gasteiger partial charge in [0.25, 0.3) is 5.91 Å². The van der Waals surface area contributed by atoms with E-state index in [0.29, 0.717) is 53.6 Å². The van der Waals surface area contributed by atoms with E-state index in [9.17, 15) is 24.5 Å². The van der Waals surface area contributed by atoms with E-state index in [4.69, 9.17) is 21.7 Å². The molecule has 1 aromatic heterocycles. The number of aromatic nitrogens is 2. The van der Waals surface area contributed by atoms with Crippen LogP contribution in [-0.4, -0.2) is 68.3 Å². The van der Waals surface area contributed by atoms with Crippen LogP contribution in [-0.2, 0) is 20.9 Å². The Morgan fingerprint density at radius 3 is 2.36 bits per heavy atom. The number of nitro groups is 1. The number of rotatable bonds is 14. The smallest absolute Gasteiger partial charge is 0.338 e. The first-order chi connectivity index (χ1) is 21.5. The fourth-order valence-electron chi connectivity index (χ4n) is 5.09. The number of aryl methyl sites for hydroxylation is 2. The highest BCUT2D eigenvalue weighted by Crippen LogP contribution is 2.29. The number of esters is 1. The summed E-state index contributed by atoms with van der Waals surface area (Å²) in [5.74, 6) is -0.555. The average molecular weight is 637 g/mol. The SMILES string of the molecule is CCCOc1ccc(NC(=O)CC2C(=O)N(c3ccc(C(=O)OCC)cc3)C(=S)N2CCCn2nc(C)c([N+](=O)[O-])c2C)cc1. The Morgan fingerprint density at radius 1 is 1.07 bits per heavy atom. The van der Waals surface area contributed by atoms with Crippen molar-refractivity contribution in [1.29, 1.82) is 0 Å². The number of hydrogen-bond acceptors (Lipinski definition) is 9. The first-order valence-electron chi connectivity index (χ1n) is 14.7. The molecule has 1 atom stereocenters. The van der Waals surface area contributed by atoms with E-state index in [2.05, 4.69) is 10.4 Å². The van der Waals surface area contributed by atoms with Crippen molar-refractivity contribution < 1.29 is 28.8 Å². The van der Waals surface area contributed by atoms with E-state index >= 15 is 0 Å². The molecule has 0 aliphatic carbocycles. The summed E-state index contributed by atoms with van der Waals surface area (Å²) in [5.41, 5.74) is 2.06. The summed E-state index contributed by atoms with van der Waals surface area (Å²) in [7, 11) is 0. The number of nitrogens with zero attached hydrogens (tertiary/aromatic N) is 5. The van der Waals surface area contributed by atoms with Crippen molar-refractivity contribution in [1.82, 2.24) is 14.7 Å². The summed E-state index contributed by atoms with van der Waals surface area (Å²) < 4.78 is 12.2. The van der Waals surface area contributed by atoms with Crippen molar-refractivity contribution in [2.75, 3.05) is 30.0 Å². The lowest BCUT2D eigenvalue weighted by atomic mass is 10.1. The maximum Gasteiger partial charge on any atom is 0.338 e. The van der Waals surface area contributed by atoms with Gasteiger partial charge >= 0.3 is 11.7 Å². The molecule has 1 N–H and O–H groups in total. The highest BCUT2D eigenvalue weighted by molar-refractivity contribution is 7.80. The van der Waals surface area contributed by atoms with Crippen LogP contribution in [0.15, 0.2) is 48.5 Å². The maximum absolute atomic E-state index is 13.8. The number of benzene rings is 2. The van der Waals surface area contributed by atoms with E-state index < -0.39 is 16.9 Å². The molecule has 14 heteroatoms. The van der Waals surface area contributed by atoms with Crippen LogP contribution in [0.25, 0.3) is 0 Å². The molecule has 13 nitrogen and oxygen atoms in total. The number of ether oxygens (including phenoxy) is 2. The number of anilines is 2. The number of carbonyl (C=O) groups excluding carboxylic acids is 3. The van der Waals surface area contributed by atoms with Crippen LogP contribution in [0.2, 0.25) is 0 Å². The summed E-state index contributed by atoms with van der Waals surface area (Å²) in [6, 6.07) is 12.4. The number of amides is 2. The standard InChI is InChI=1S/C31H36N6O7S/c1-5-18-44-25-14-10-23(11-15-25)32-27(38)19-26-29(39)36(24-12-8-22(9-13-24)30(40)43-6-2)31(45)34(26)16-7-17-35-21(4)28(37(41)42)20(3)33-35/h8-15,26H,5-7,16-19H2,1-4H3,(H,32,38). The zero-order chi connectivity index (χ0) is 32.7. The van der Waals surface area contributed by atoms with Crippen LogP contribution in [0, 0.1) is 24.0 Å². The average Bonchev–Trinajstić information content (AvgIpc) is 3.42. The van der Waals surface area contributed by atoms with Crippen LogP contribution in [0.1, 0.15) is 54.9 Å².